The molecule has 3 heteroatoms. The van der Waals surface area contributed by atoms with Gasteiger partial charge in [-0.05, 0) is 45.2 Å². The number of carbonyl (C=O) groups is 1. The van der Waals surface area contributed by atoms with E-state index in [1.54, 1.807) is 0 Å². The van der Waals surface area contributed by atoms with Gasteiger partial charge in [0.2, 0.25) is 0 Å². The summed E-state index contributed by atoms with van der Waals surface area (Å²) in [5.74, 6) is -0.207. The molecule has 19 heavy (non-hydrogen) atoms. The summed E-state index contributed by atoms with van der Waals surface area (Å²) in [4.78, 5) is 11.8. The van der Waals surface area contributed by atoms with Gasteiger partial charge in [-0.25, -0.2) is 0 Å². The third kappa shape index (κ3) is 5.43. The minimum Gasteiger partial charge on any atom is -0.459 e. The fraction of sp³-hybridized carbons (Fsp3) is 0.562. The zero-order chi connectivity index (χ0) is 14.5. The summed E-state index contributed by atoms with van der Waals surface area (Å²) in [6, 6.07) is 7.97. The van der Waals surface area contributed by atoms with E-state index in [2.05, 4.69) is 24.4 Å². The second-order valence-corrected chi connectivity index (χ2v) is 5.76. The van der Waals surface area contributed by atoms with Crippen LogP contribution in [0.5, 0.6) is 0 Å². The van der Waals surface area contributed by atoms with Crippen molar-refractivity contribution < 1.29 is 9.53 Å². The van der Waals surface area contributed by atoms with Gasteiger partial charge in [-0.1, -0.05) is 31.2 Å². The summed E-state index contributed by atoms with van der Waals surface area (Å²) in [7, 11) is 0. The topological polar surface area (TPSA) is 38.3 Å². The number of esters is 1. The van der Waals surface area contributed by atoms with E-state index in [4.69, 9.17) is 4.74 Å². The van der Waals surface area contributed by atoms with Crippen LogP contribution in [0, 0.1) is 0 Å². The molecule has 3 nitrogen and oxygen atoms in total. The van der Waals surface area contributed by atoms with Gasteiger partial charge in [0.05, 0.1) is 0 Å². The highest BCUT2D eigenvalue weighted by molar-refractivity contribution is 5.75. The van der Waals surface area contributed by atoms with E-state index in [9.17, 15) is 4.79 Å². The Balaban J connectivity index is 2.54. The minimum atomic E-state index is -0.436. The first-order chi connectivity index (χ1) is 8.83. The predicted octanol–water partition coefficient (Wildman–Crippen LogP) is 3.07. The van der Waals surface area contributed by atoms with E-state index < -0.39 is 5.60 Å². The molecule has 0 heterocycles. The summed E-state index contributed by atoms with van der Waals surface area (Å²) in [5, 5.41) is 3.22. The van der Waals surface area contributed by atoms with Crippen LogP contribution in [-0.2, 0) is 22.5 Å². The van der Waals surface area contributed by atoms with Crippen LogP contribution in [0.2, 0.25) is 0 Å². The van der Waals surface area contributed by atoms with Crippen molar-refractivity contribution in [2.45, 2.75) is 59.2 Å². The lowest BCUT2D eigenvalue weighted by atomic mass is 10.1. The fourth-order valence-electron chi connectivity index (χ4n) is 1.81. The summed E-state index contributed by atoms with van der Waals surface area (Å²) < 4.78 is 5.34. The Hall–Kier alpha value is -1.35. The molecule has 0 saturated heterocycles. The number of hydrogen-bond acceptors (Lipinski definition) is 3. The molecule has 1 aromatic rings. The second kappa shape index (κ2) is 6.71. The number of ether oxygens (including phenoxy) is 1. The van der Waals surface area contributed by atoms with Crippen LogP contribution < -0.4 is 5.32 Å². The van der Waals surface area contributed by atoms with Gasteiger partial charge in [0.15, 0.2) is 0 Å². The fourth-order valence-corrected chi connectivity index (χ4v) is 1.81. The molecule has 0 aliphatic heterocycles. The number of benzene rings is 1. The molecular weight excluding hydrogens is 238 g/mol. The van der Waals surface area contributed by atoms with Gasteiger partial charge >= 0.3 is 5.97 Å². The Morgan fingerprint density at radius 2 is 1.84 bits per heavy atom. The highest BCUT2D eigenvalue weighted by Crippen LogP contribution is 2.11. The Bertz CT molecular complexity index is 421. The molecule has 0 radical (unpaired) electrons. The largest absolute Gasteiger partial charge is 0.459 e. The van der Waals surface area contributed by atoms with Crippen molar-refractivity contribution in [3.8, 4) is 0 Å². The molecule has 0 amide bonds. The predicted molar refractivity (Wildman–Crippen MR) is 78.0 cm³/mol. The molecule has 1 unspecified atom stereocenters. The molecule has 0 aliphatic carbocycles. The smallest absolute Gasteiger partial charge is 0.323 e. The van der Waals surface area contributed by atoms with Gasteiger partial charge in [-0.15, -0.1) is 0 Å². The zero-order valence-electron chi connectivity index (χ0n) is 12.6. The van der Waals surface area contributed by atoms with E-state index in [1.165, 1.54) is 11.1 Å². The molecule has 106 valence electrons. The van der Waals surface area contributed by atoms with E-state index in [0.717, 1.165) is 6.42 Å². The molecule has 0 aliphatic rings. The summed E-state index contributed by atoms with van der Waals surface area (Å²) in [6.45, 7) is 10.3. The van der Waals surface area contributed by atoms with E-state index in [-0.39, 0.29) is 12.0 Å². The van der Waals surface area contributed by atoms with Gasteiger partial charge in [0.1, 0.15) is 11.6 Å². The van der Waals surface area contributed by atoms with Crippen molar-refractivity contribution in [1.82, 2.24) is 5.32 Å². The van der Waals surface area contributed by atoms with E-state index >= 15 is 0 Å². The first-order valence-electron chi connectivity index (χ1n) is 6.86. The van der Waals surface area contributed by atoms with Gasteiger partial charge in [-0.3, -0.25) is 4.79 Å². The molecular formula is C16H25NO2. The van der Waals surface area contributed by atoms with Crippen LogP contribution >= 0.6 is 0 Å². The first kappa shape index (κ1) is 15.7. The number of aryl methyl sites for hydroxylation is 1. The average molecular weight is 263 g/mol. The van der Waals surface area contributed by atoms with Crippen LogP contribution in [0.25, 0.3) is 0 Å². The molecule has 1 atom stereocenters. The third-order valence-electron chi connectivity index (χ3n) is 2.86. The van der Waals surface area contributed by atoms with Gasteiger partial charge in [-0.2, -0.15) is 0 Å². The number of nitrogens with one attached hydrogen (secondary N) is 1. The maximum atomic E-state index is 11.8. The van der Waals surface area contributed by atoms with Gasteiger partial charge < -0.3 is 10.1 Å². The average Bonchev–Trinajstić information content (AvgIpc) is 2.34. The van der Waals surface area contributed by atoms with Crippen molar-refractivity contribution in [1.29, 1.82) is 0 Å². The molecule has 0 fully saturated rings. The molecule has 0 bridgehead atoms. The van der Waals surface area contributed by atoms with E-state index in [1.807, 2.05) is 39.8 Å². The number of hydrogen-bond donors (Lipinski definition) is 1. The van der Waals surface area contributed by atoms with Crippen LogP contribution in [-0.4, -0.2) is 17.6 Å². The summed E-state index contributed by atoms with van der Waals surface area (Å²) in [5.41, 5.74) is 2.11. The van der Waals surface area contributed by atoms with Crippen molar-refractivity contribution >= 4 is 5.97 Å². The molecule has 0 saturated carbocycles. The minimum absolute atomic E-state index is 0.207. The van der Waals surface area contributed by atoms with Crippen LogP contribution in [0.4, 0.5) is 0 Å². The molecule has 0 aromatic heterocycles. The van der Waals surface area contributed by atoms with Gasteiger partial charge in [0, 0.05) is 6.54 Å². The van der Waals surface area contributed by atoms with Crippen molar-refractivity contribution in [2.75, 3.05) is 0 Å². The monoisotopic (exact) mass is 263 g/mol. The Morgan fingerprint density at radius 1 is 1.26 bits per heavy atom. The maximum absolute atomic E-state index is 11.8. The molecule has 0 spiro atoms. The Morgan fingerprint density at radius 3 is 2.37 bits per heavy atom. The van der Waals surface area contributed by atoms with Crippen molar-refractivity contribution in [2.24, 2.45) is 0 Å². The quantitative estimate of drug-likeness (QED) is 0.830. The van der Waals surface area contributed by atoms with Gasteiger partial charge in [0.25, 0.3) is 0 Å². The molecule has 1 rings (SSSR count). The normalized spacial score (nSPS) is 13.1. The van der Waals surface area contributed by atoms with E-state index in [0.29, 0.717) is 6.54 Å². The summed E-state index contributed by atoms with van der Waals surface area (Å²) >= 11 is 0. The number of carbonyl (C=O) groups excluding carboxylic acids is 1. The standard InChI is InChI=1S/C16H25NO2/c1-6-13-9-7-8-10-14(13)11-17-12(2)15(18)19-16(3,4)5/h7-10,12,17H,6,11H2,1-5H3. The number of rotatable bonds is 5. The maximum Gasteiger partial charge on any atom is 0.323 e. The highest BCUT2D eigenvalue weighted by atomic mass is 16.6. The Labute approximate surface area is 116 Å². The lowest BCUT2D eigenvalue weighted by Crippen LogP contribution is -2.39. The summed E-state index contributed by atoms with van der Waals surface area (Å²) in [6.07, 6.45) is 0.999. The first-order valence-corrected chi connectivity index (χ1v) is 6.86. The Kier molecular flexibility index (Phi) is 5.55. The van der Waals surface area contributed by atoms with Crippen molar-refractivity contribution in [3.63, 3.8) is 0 Å². The SMILES string of the molecule is CCc1ccccc1CNC(C)C(=O)OC(C)(C)C. The molecule has 1 N–H and O–H groups in total. The lowest BCUT2D eigenvalue weighted by molar-refractivity contribution is -0.157. The van der Waals surface area contributed by atoms with Crippen LogP contribution in [0.15, 0.2) is 24.3 Å². The second-order valence-electron chi connectivity index (χ2n) is 5.76. The third-order valence-corrected chi connectivity index (χ3v) is 2.86. The zero-order valence-corrected chi connectivity index (χ0v) is 12.6. The molecule has 1 aromatic carbocycles. The van der Waals surface area contributed by atoms with Crippen molar-refractivity contribution in [3.05, 3.63) is 35.4 Å². The van der Waals surface area contributed by atoms with Crippen LogP contribution in [0.3, 0.4) is 0 Å². The van der Waals surface area contributed by atoms with Crippen LogP contribution in [0.1, 0.15) is 45.7 Å². The lowest BCUT2D eigenvalue weighted by Gasteiger charge is -2.23. The highest BCUT2D eigenvalue weighted by Gasteiger charge is 2.21.